The molecular formula is C14H19ClF2N4O. The molecule has 0 fully saturated rings. The van der Waals surface area contributed by atoms with Crippen LogP contribution in [-0.2, 0) is 6.54 Å². The van der Waals surface area contributed by atoms with E-state index in [1.807, 2.05) is 0 Å². The molecule has 0 radical (unpaired) electrons. The van der Waals surface area contributed by atoms with Crippen molar-refractivity contribution in [3.63, 3.8) is 0 Å². The second-order valence-electron chi connectivity index (χ2n) is 5.68. The average molecular weight is 333 g/mol. The molecule has 1 aromatic heterocycles. The second kappa shape index (κ2) is 6.68. The molecule has 122 valence electrons. The van der Waals surface area contributed by atoms with Crippen LogP contribution < -0.4 is 5.73 Å². The molecule has 5 nitrogen and oxygen atoms in total. The highest BCUT2D eigenvalue weighted by Crippen LogP contribution is 2.21. The molecule has 8 heteroatoms. The van der Waals surface area contributed by atoms with Gasteiger partial charge in [0.25, 0.3) is 0 Å². The third-order valence-electron chi connectivity index (χ3n) is 2.82. The maximum Gasteiger partial charge on any atom is 0.181 e. The van der Waals surface area contributed by atoms with E-state index in [9.17, 15) is 13.9 Å². The molecule has 0 saturated carbocycles. The summed E-state index contributed by atoms with van der Waals surface area (Å²) in [4.78, 5) is 4.26. The molecule has 1 heterocycles. The fourth-order valence-corrected chi connectivity index (χ4v) is 1.93. The minimum atomic E-state index is -0.997. The van der Waals surface area contributed by atoms with E-state index in [4.69, 9.17) is 5.73 Å². The van der Waals surface area contributed by atoms with Crippen molar-refractivity contribution >= 4 is 12.4 Å². The van der Waals surface area contributed by atoms with Crippen LogP contribution >= 0.6 is 12.4 Å². The zero-order valence-corrected chi connectivity index (χ0v) is 13.4. The SMILES string of the molecule is C[C@@H](N)c1nc(-c2ccc(F)c(F)c2)nn1CC(C)(C)O.Cl. The molecule has 0 aliphatic heterocycles. The normalized spacial score (nSPS) is 12.9. The van der Waals surface area contributed by atoms with E-state index in [0.29, 0.717) is 11.4 Å². The van der Waals surface area contributed by atoms with Gasteiger partial charge in [0, 0.05) is 5.56 Å². The van der Waals surface area contributed by atoms with E-state index in [1.165, 1.54) is 10.7 Å². The minimum Gasteiger partial charge on any atom is -0.389 e. The minimum absolute atomic E-state index is 0. The van der Waals surface area contributed by atoms with E-state index < -0.39 is 23.3 Å². The Labute approximate surface area is 133 Å². The molecule has 0 spiro atoms. The molecule has 1 aromatic carbocycles. The molecular weight excluding hydrogens is 314 g/mol. The Hall–Kier alpha value is -1.57. The van der Waals surface area contributed by atoms with Gasteiger partial charge in [-0.15, -0.1) is 12.4 Å². The lowest BCUT2D eigenvalue weighted by atomic mass is 10.1. The summed E-state index contributed by atoms with van der Waals surface area (Å²) in [5.41, 5.74) is 5.19. The van der Waals surface area contributed by atoms with Crippen molar-refractivity contribution in [2.45, 2.75) is 39.0 Å². The Morgan fingerprint density at radius 2 is 1.95 bits per heavy atom. The Balaban J connectivity index is 0.00000242. The first-order valence-electron chi connectivity index (χ1n) is 6.55. The standard InChI is InChI=1S/C14H18F2N4O.ClH/c1-8(17)13-18-12(19-20(13)7-14(2,3)21)9-4-5-10(15)11(16)6-9;/h4-6,8,21H,7,17H2,1-3H3;1H/t8-;/m1./s1. The van der Waals surface area contributed by atoms with Gasteiger partial charge in [-0.2, -0.15) is 5.10 Å². The van der Waals surface area contributed by atoms with Gasteiger partial charge in [-0.25, -0.2) is 18.4 Å². The smallest absolute Gasteiger partial charge is 0.181 e. The third kappa shape index (κ3) is 4.22. The van der Waals surface area contributed by atoms with Crippen LogP contribution in [0.4, 0.5) is 8.78 Å². The Morgan fingerprint density at radius 3 is 2.45 bits per heavy atom. The number of aliphatic hydroxyl groups is 1. The Morgan fingerprint density at radius 1 is 1.32 bits per heavy atom. The number of nitrogens with two attached hydrogens (primary N) is 1. The van der Waals surface area contributed by atoms with Crippen molar-refractivity contribution in [2.75, 3.05) is 0 Å². The average Bonchev–Trinajstić information content (AvgIpc) is 2.74. The van der Waals surface area contributed by atoms with Crippen LogP contribution in [0.15, 0.2) is 18.2 Å². The molecule has 0 unspecified atom stereocenters. The van der Waals surface area contributed by atoms with E-state index in [0.717, 1.165) is 12.1 Å². The van der Waals surface area contributed by atoms with Gasteiger partial charge in [0.05, 0.1) is 18.2 Å². The van der Waals surface area contributed by atoms with Crippen molar-refractivity contribution in [3.05, 3.63) is 35.7 Å². The zero-order chi connectivity index (χ0) is 15.8. The molecule has 0 saturated heterocycles. The number of rotatable bonds is 4. The topological polar surface area (TPSA) is 77.0 Å². The lowest BCUT2D eigenvalue weighted by molar-refractivity contribution is 0.0564. The van der Waals surface area contributed by atoms with Crippen LogP contribution in [0.2, 0.25) is 0 Å². The largest absolute Gasteiger partial charge is 0.389 e. The maximum absolute atomic E-state index is 13.3. The third-order valence-corrected chi connectivity index (χ3v) is 2.82. The van der Waals surface area contributed by atoms with E-state index in [1.54, 1.807) is 20.8 Å². The summed E-state index contributed by atoms with van der Waals surface area (Å²) in [6.07, 6.45) is 0. The van der Waals surface area contributed by atoms with Crippen LogP contribution in [0.1, 0.15) is 32.6 Å². The summed E-state index contributed by atoms with van der Waals surface area (Å²) >= 11 is 0. The van der Waals surface area contributed by atoms with Crippen molar-refractivity contribution in [1.82, 2.24) is 14.8 Å². The fourth-order valence-electron chi connectivity index (χ4n) is 1.93. The van der Waals surface area contributed by atoms with Gasteiger partial charge in [-0.1, -0.05) is 0 Å². The molecule has 2 aromatic rings. The summed E-state index contributed by atoms with van der Waals surface area (Å²) in [7, 11) is 0. The highest BCUT2D eigenvalue weighted by molar-refractivity contribution is 5.85. The molecule has 1 atom stereocenters. The van der Waals surface area contributed by atoms with E-state index in [-0.39, 0.29) is 24.8 Å². The molecule has 0 aliphatic rings. The monoisotopic (exact) mass is 332 g/mol. The number of aromatic nitrogens is 3. The molecule has 0 bridgehead atoms. The van der Waals surface area contributed by atoms with Crippen LogP contribution in [0.3, 0.4) is 0 Å². The van der Waals surface area contributed by atoms with Crippen LogP contribution in [0.25, 0.3) is 11.4 Å². The Kier molecular flexibility index (Phi) is 5.61. The highest BCUT2D eigenvalue weighted by Gasteiger charge is 2.21. The molecule has 0 amide bonds. The van der Waals surface area contributed by atoms with Crippen molar-refractivity contribution < 1.29 is 13.9 Å². The zero-order valence-electron chi connectivity index (χ0n) is 12.5. The van der Waals surface area contributed by atoms with Gasteiger partial charge in [-0.3, -0.25) is 0 Å². The van der Waals surface area contributed by atoms with Crippen LogP contribution in [-0.4, -0.2) is 25.5 Å². The first-order valence-corrected chi connectivity index (χ1v) is 6.55. The summed E-state index contributed by atoms with van der Waals surface area (Å²) in [6.45, 7) is 5.20. The van der Waals surface area contributed by atoms with E-state index in [2.05, 4.69) is 10.1 Å². The first kappa shape index (κ1) is 18.5. The second-order valence-corrected chi connectivity index (χ2v) is 5.68. The number of hydrogen-bond acceptors (Lipinski definition) is 4. The van der Waals surface area contributed by atoms with Gasteiger partial charge in [0.1, 0.15) is 5.82 Å². The molecule has 22 heavy (non-hydrogen) atoms. The number of hydrogen-bond donors (Lipinski definition) is 2. The lowest BCUT2D eigenvalue weighted by Crippen LogP contribution is -2.29. The van der Waals surface area contributed by atoms with Crippen molar-refractivity contribution in [2.24, 2.45) is 5.73 Å². The lowest BCUT2D eigenvalue weighted by Gasteiger charge is -2.18. The van der Waals surface area contributed by atoms with Crippen LogP contribution in [0.5, 0.6) is 0 Å². The van der Waals surface area contributed by atoms with Gasteiger partial charge >= 0.3 is 0 Å². The number of nitrogens with zero attached hydrogens (tertiary/aromatic N) is 3. The summed E-state index contributed by atoms with van der Waals surface area (Å²) in [6, 6.07) is 3.04. The van der Waals surface area contributed by atoms with Gasteiger partial charge in [0.15, 0.2) is 17.5 Å². The van der Waals surface area contributed by atoms with Crippen molar-refractivity contribution in [1.29, 1.82) is 0 Å². The highest BCUT2D eigenvalue weighted by atomic mass is 35.5. The maximum atomic E-state index is 13.3. The summed E-state index contributed by atoms with van der Waals surface area (Å²) in [5, 5.41) is 14.1. The van der Waals surface area contributed by atoms with Gasteiger partial charge in [0.2, 0.25) is 0 Å². The fraction of sp³-hybridized carbons (Fsp3) is 0.429. The number of benzene rings is 1. The van der Waals surface area contributed by atoms with Crippen LogP contribution in [0, 0.1) is 11.6 Å². The molecule has 3 N–H and O–H groups in total. The number of halogens is 3. The van der Waals surface area contributed by atoms with Crippen molar-refractivity contribution in [3.8, 4) is 11.4 Å². The summed E-state index contributed by atoms with van der Waals surface area (Å²) in [5.74, 6) is -1.18. The molecule has 0 aliphatic carbocycles. The van der Waals surface area contributed by atoms with Gasteiger partial charge < -0.3 is 10.8 Å². The van der Waals surface area contributed by atoms with Gasteiger partial charge in [-0.05, 0) is 39.0 Å². The predicted octanol–water partition coefficient (Wildman–Crippen LogP) is 2.44. The first-order chi connectivity index (χ1) is 9.67. The molecule has 2 rings (SSSR count). The summed E-state index contributed by atoms with van der Waals surface area (Å²) < 4.78 is 27.8. The van der Waals surface area contributed by atoms with E-state index >= 15 is 0 Å². The Bertz CT molecular complexity index is 653. The quantitative estimate of drug-likeness (QED) is 0.901. The predicted molar refractivity (Wildman–Crippen MR) is 81.5 cm³/mol.